The van der Waals surface area contributed by atoms with Gasteiger partial charge < -0.3 is 14.2 Å². The maximum Gasteiger partial charge on any atom is 0.331 e. The van der Waals surface area contributed by atoms with Crippen molar-refractivity contribution >= 4 is 23.5 Å². The number of nitro benzene ring substituents is 1. The van der Waals surface area contributed by atoms with E-state index < -0.39 is 40.5 Å². The first-order valence-electron chi connectivity index (χ1n) is 7.76. The van der Waals surface area contributed by atoms with E-state index in [-0.39, 0.29) is 29.5 Å². The molecule has 8 nitrogen and oxygen atoms in total. The molecule has 28 heavy (non-hydrogen) atoms. The molecule has 0 atom stereocenters. The molecule has 0 aliphatic carbocycles. The highest BCUT2D eigenvalue weighted by Crippen LogP contribution is 2.38. The van der Waals surface area contributed by atoms with Gasteiger partial charge in [-0.2, -0.15) is 0 Å². The first-order valence-corrected chi connectivity index (χ1v) is 7.76. The Balaban J connectivity index is 1.68. The van der Waals surface area contributed by atoms with Gasteiger partial charge in [0.2, 0.25) is 12.6 Å². The maximum atomic E-state index is 13.5. The summed E-state index contributed by atoms with van der Waals surface area (Å²) in [5.74, 6) is -3.23. The Morgan fingerprint density at radius 3 is 2.61 bits per heavy atom. The van der Waals surface area contributed by atoms with E-state index in [0.29, 0.717) is 6.07 Å². The highest BCUT2D eigenvalue weighted by Gasteiger charge is 2.22. The summed E-state index contributed by atoms with van der Waals surface area (Å²) in [5, 5.41) is 11.1. The standard InChI is InChI=1S/C18H11F2NO7/c19-11-2-3-13(20)12(6-11)15(22)8-26-18(23)4-1-10-5-16-17(28-9-27-16)7-14(10)21(24)25/h1-7H,8-9H2/b4-1+. The molecule has 3 rings (SSSR count). The topological polar surface area (TPSA) is 105 Å². The molecule has 0 radical (unpaired) electrons. The summed E-state index contributed by atoms with van der Waals surface area (Å²) in [6.45, 7) is -0.909. The molecule has 0 amide bonds. The second-order valence-corrected chi connectivity index (χ2v) is 5.51. The lowest BCUT2D eigenvalue weighted by Crippen LogP contribution is -2.14. The van der Waals surface area contributed by atoms with Crippen LogP contribution in [0.2, 0.25) is 0 Å². The molecule has 0 bridgehead atoms. The third-order valence-corrected chi connectivity index (χ3v) is 3.69. The Bertz CT molecular complexity index is 1000. The van der Waals surface area contributed by atoms with Crippen molar-refractivity contribution < 1.29 is 37.5 Å². The maximum absolute atomic E-state index is 13.5. The number of rotatable bonds is 6. The zero-order valence-electron chi connectivity index (χ0n) is 14.0. The first-order chi connectivity index (χ1) is 13.3. The number of ketones is 1. The smallest absolute Gasteiger partial charge is 0.331 e. The number of fused-ring (bicyclic) bond motifs is 1. The SMILES string of the molecule is O=C(/C=C/c1cc2c(cc1[N+](=O)[O-])OCO2)OCC(=O)c1cc(F)ccc1F. The molecule has 0 N–H and O–H groups in total. The Morgan fingerprint density at radius 1 is 1.18 bits per heavy atom. The quantitative estimate of drug-likeness (QED) is 0.245. The summed E-state index contributed by atoms with van der Waals surface area (Å²) in [7, 11) is 0. The lowest BCUT2D eigenvalue weighted by molar-refractivity contribution is -0.385. The van der Waals surface area contributed by atoms with Gasteiger partial charge in [0.05, 0.1) is 22.1 Å². The van der Waals surface area contributed by atoms with Crippen LogP contribution in [-0.4, -0.2) is 30.1 Å². The number of carbonyl (C=O) groups is 2. The predicted molar refractivity (Wildman–Crippen MR) is 89.9 cm³/mol. The lowest BCUT2D eigenvalue weighted by Gasteiger charge is -2.04. The largest absolute Gasteiger partial charge is 0.454 e. The van der Waals surface area contributed by atoms with Crippen molar-refractivity contribution in [3.63, 3.8) is 0 Å². The molecule has 1 aliphatic rings. The fourth-order valence-corrected chi connectivity index (χ4v) is 2.37. The first kappa shape index (κ1) is 19.0. The summed E-state index contributed by atoms with van der Waals surface area (Å²) in [6, 6.07) is 4.79. The number of halogens is 2. The van der Waals surface area contributed by atoms with Crippen LogP contribution in [0.4, 0.5) is 14.5 Å². The van der Waals surface area contributed by atoms with Crippen LogP contribution in [0.1, 0.15) is 15.9 Å². The molecular formula is C18H11F2NO7. The van der Waals surface area contributed by atoms with Crippen LogP contribution in [0.25, 0.3) is 6.08 Å². The molecule has 0 saturated carbocycles. The Hall–Kier alpha value is -3.82. The van der Waals surface area contributed by atoms with E-state index in [0.717, 1.165) is 30.4 Å². The number of nitro groups is 1. The van der Waals surface area contributed by atoms with Gasteiger partial charge in [0.1, 0.15) is 11.6 Å². The van der Waals surface area contributed by atoms with Crippen LogP contribution in [0.3, 0.4) is 0 Å². The Kier molecular flexibility index (Phi) is 5.30. The van der Waals surface area contributed by atoms with Crippen molar-refractivity contribution in [2.75, 3.05) is 13.4 Å². The van der Waals surface area contributed by atoms with Gasteiger partial charge >= 0.3 is 5.97 Å². The third kappa shape index (κ3) is 4.11. The van der Waals surface area contributed by atoms with E-state index in [1.807, 2.05) is 0 Å². The third-order valence-electron chi connectivity index (χ3n) is 3.69. The van der Waals surface area contributed by atoms with Gasteiger partial charge in [0.15, 0.2) is 18.1 Å². The number of esters is 1. The second kappa shape index (κ2) is 7.82. The molecular weight excluding hydrogens is 380 g/mol. The van der Waals surface area contributed by atoms with Crippen LogP contribution < -0.4 is 9.47 Å². The number of hydrogen-bond acceptors (Lipinski definition) is 7. The minimum absolute atomic E-state index is 0.0497. The van der Waals surface area contributed by atoms with Crippen molar-refractivity contribution in [2.45, 2.75) is 0 Å². The number of hydrogen-bond donors (Lipinski definition) is 0. The number of Topliss-reactive ketones (excluding diaryl/α,β-unsaturated/α-hetero) is 1. The lowest BCUT2D eigenvalue weighted by atomic mass is 10.1. The molecule has 0 unspecified atom stereocenters. The Morgan fingerprint density at radius 2 is 1.89 bits per heavy atom. The van der Waals surface area contributed by atoms with E-state index in [9.17, 15) is 28.5 Å². The van der Waals surface area contributed by atoms with Crippen LogP contribution in [-0.2, 0) is 9.53 Å². The summed E-state index contributed by atoms with van der Waals surface area (Å²) < 4.78 is 41.5. The fourth-order valence-electron chi connectivity index (χ4n) is 2.37. The van der Waals surface area contributed by atoms with Gasteiger partial charge in [-0.15, -0.1) is 0 Å². The minimum Gasteiger partial charge on any atom is -0.454 e. The van der Waals surface area contributed by atoms with Gasteiger partial charge in [0.25, 0.3) is 5.69 Å². The molecule has 0 fully saturated rings. The average molecular weight is 391 g/mol. The van der Waals surface area contributed by atoms with Crippen molar-refractivity contribution in [1.29, 1.82) is 0 Å². The zero-order valence-corrected chi connectivity index (χ0v) is 14.0. The molecule has 1 aliphatic heterocycles. The van der Waals surface area contributed by atoms with Crippen molar-refractivity contribution in [3.05, 3.63) is 69.3 Å². The van der Waals surface area contributed by atoms with Gasteiger partial charge in [-0.25, -0.2) is 13.6 Å². The van der Waals surface area contributed by atoms with Crippen molar-refractivity contribution in [1.82, 2.24) is 0 Å². The van der Waals surface area contributed by atoms with Gasteiger partial charge in [-0.3, -0.25) is 14.9 Å². The molecule has 0 saturated heterocycles. The molecule has 10 heteroatoms. The van der Waals surface area contributed by atoms with Gasteiger partial charge in [0, 0.05) is 6.08 Å². The summed E-state index contributed by atoms with van der Waals surface area (Å²) >= 11 is 0. The summed E-state index contributed by atoms with van der Waals surface area (Å²) in [6.07, 6.45) is 1.97. The predicted octanol–water partition coefficient (Wildman–Crippen LogP) is 3.04. The van der Waals surface area contributed by atoms with E-state index in [2.05, 4.69) is 4.74 Å². The summed E-state index contributed by atoms with van der Waals surface area (Å²) in [5.41, 5.74) is -0.830. The van der Waals surface area contributed by atoms with Crippen LogP contribution in [0.5, 0.6) is 11.5 Å². The second-order valence-electron chi connectivity index (χ2n) is 5.51. The summed E-state index contributed by atoms with van der Waals surface area (Å²) in [4.78, 5) is 34.1. The normalized spacial score (nSPS) is 12.2. The van der Waals surface area contributed by atoms with E-state index in [1.54, 1.807) is 0 Å². The molecule has 144 valence electrons. The molecule has 0 aromatic heterocycles. The monoisotopic (exact) mass is 391 g/mol. The van der Waals surface area contributed by atoms with Gasteiger partial charge in [-0.05, 0) is 30.3 Å². The fraction of sp³-hybridized carbons (Fsp3) is 0.111. The van der Waals surface area contributed by atoms with Gasteiger partial charge in [-0.1, -0.05) is 0 Å². The Labute approximate surface area is 156 Å². The number of benzene rings is 2. The van der Waals surface area contributed by atoms with E-state index >= 15 is 0 Å². The average Bonchev–Trinajstić information content (AvgIpc) is 3.12. The van der Waals surface area contributed by atoms with Crippen LogP contribution >= 0.6 is 0 Å². The van der Waals surface area contributed by atoms with Crippen molar-refractivity contribution in [2.24, 2.45) is 0 Å². The molecule has 1 heterocycles. The molecule has 2 aromatic carbocycles. The van der Waals surface area contributed by atoms with Crippen LogP contribution in [0.15, 0.2) is 36.4 Å². The van der Waals surface area contributed by atoms with Crippen molar-refractivity contribution in [3.8, 4) is 11.5 Å². The number of carbonyl (C=O) groups excluding carboxylic acids is 2. The van der Waals surface area contributed by atoms with Crippen LogP contribution in [0, 0.1) is 21.7 Å². The van der Waals surface area contributed by atoms with E-state index in [1.165, 1.54) is 6.07 Å². The number of nitrogens with zero attached hydrogens (tertiary/aromatic N) is 1. The highest BCUT2D eigenvalue weighted by molar-refractivity contribution is 5.99. The molecule has 0 spiro atoms. The van der Waals surface area contributed by atoms with E-state index in [4.69, 9.17) is 9.47 Å². The number of ether oxygens (including phenoxy) is 3. The highest BCUT2D eigenvalue weighted by atomic mass is 19.1. The minimum atomic E-state index is -1.00. The zero-order chi connectivity index (χ0) is 20.3. The molecule has 2 aromatic rings.